The SMILES string of the molecule is COCCNC(=O)c1ccc(N2CCC[C@H]2C(=O)O)nc1. The van der Waals surface area contributed by atoms with Gasteiger partial charge in [0.05, 0.1) is 12.2 Å². The molecule has 0 aromatic carbocycles. The molecular formula is C14H19N3O4. The number of carbonyl (C=O) groups is 2. The Bertz CT molecular complexity index is 503. The first-order valence-electron chi connectivity index (χ1n) is 6.86. The van der Waals surface area contributed by atoms with Crippen LogP contribution in [0.5, 0.6) is 0 Å². The van der Waals surface area contributed by atoms with Gasteiger partial charge in [-0.3, -0.25) is 4.79 Å². The quantitative estimate of drug-likeness (QED) is 0.743. The van der Waals surface area contributed by atoms with Gasteiger partial charge < -0.3 is 20.1 Å². The third kappa shape index (κ3) is 3.69. The molecule has 0 spiro atoms. The molecule has 1 aliphatic heterocycles. The lowest BCUT2D eigenvalue weighted by molar-refractivity contribution is -0.138. The molecule has 0 aliphatic carbocycles. The number of aliphatic carboxylic acids is 1. The van der Waals surface area contributed by atoms with Crippen LogP contribution in [0, 0.1) is 0 Å². The summed E-state index contributed by atoms with van der Waals surface area (Å²) in [6.07, 6.45) is 2.92. The van der Waals surface area contributed by atoms with Crippen LogP contribution in [0.3, 0.4) is 0 Å². The molecule has 2 heterocycles. The van der Waals surface area contributed by atoms with Crippen molar-refractivity contribution in [3.05, 3.63) is 23.9 Å². The topological polar surface area (TPSA) is 91.8 Å². The van der Waals surface area contributed by atoms with Crippen LogP contribution >= 0.6 is 0 Å². The van der Waals surface area contributed by atoms with E-state index in [2.05, 4.69) is 10.3 Å². The highest BCUT2D eigenvalue weighted by Gasteiger charge is 2.31. The van der Waals surface area contributed by atoms with E-state index in [-0.39, 0.29) is 5.91 Å². The number of rotatable bonds is 6. The molecule has 21 heavy (non-hydrogen) atoms. The number of carboxylic acids is 1. The molecule has 1 amide bonds. The molecule has 7 nitrogen and oxygen atoms in total. The van der Waals surface area contributed by atoms with E-state index in [1.54, 1.807) is 24.1 Å². The summed E-state index contributed by atoms with van der Waals surface area (Å²) in [5.74, 6) is -0.466. The number of hydrogen-bond acceptors (Lipinski definition) is 5. The van der Waals surface area contributed by atoms with E-state index in [0.29, 0.717) is 37.5 Å². The fourth-order valence-corrected chi connectivity index (χ4v) is 2.36. The smallest absolute Gasteiger partial charge is 0.326 e. The number of aromatic nitrogens is 1. The van der Waals surface area contributed by atoms with Crippen LogP contribution in [0.2, 0.25) is 0 Å². The molecular weight excluding hydrogens is 274 g/mol. The first-order chi connectivity index (χ1) is 10.1. The molecule has 2 rings (SSSR count). The van der Waals surface area contributed by atoms with Gasteiger partial charge in [-0.05, 0) is 25.0 Å². The summed E-state index contributed by atoms with van der Waals surface area (Å²) >= 11 is 0. The third-order valence-corrected chi connectivity index (χ3v) is 3.43. The second-order valence-electron chi connectivity index (χ2n) is 4.84. The molecule has 1 fully saturated rings. The summed E-state index contributed by atoms with van der Waals surface area (Å²) in [5, 5.41) is 11.9. The van der Waals surface area contributed by atoms with E-state index < -0.39 is 12.0 Å². The van der Waals surface area contributed by atoms with Crippen molar-refractivity contribution in [2.75, 3.05) is 31.7 Å². The normalized spacial score (nSPS) is 17.8. The number of nitrogens with one attached hydrogen (secondary N) is 1. The van der Waals surface area contributed by atoms with Crippen molar-refractivity contribution in [1.29, 1.82) is 0 Å². The maximum absolute atomic E-state index is 11.8. The van der Waals surface area contributed by atoms with Gasteiger partial charge in [-0.25, -0.2) is 9.78 Å². The fraction of sp³-hybridized carbons (Fsp3) is 0.500. The summed E-state index contributed by atoms with van der Waals surface area (Å²) in [6, 6.07) is 2.81. The van der Waals surface area contributed by atoms with E-state index >= 15 is 0 Å². The minimum absolute atomic E-state index is 0.220. The van der Waals surface area contributed by atoms with Gasteiger partial charge >= 0.3 is 5.97 Å². The van der Waals surface area contributed by atoms with Crippen LogP contribution < -0.4 is 10.2 Å². The molecule has 2 N–H and O–H groups in total. The Morgan fingerprint density at radius 2 is 2.33 bits per heavy atom. The lowest BCUT2D eigenvalue weighted by atomic mass is 10.2. The number of nitrogens with zero attached hydrogens (tertiary/aromatic N) is 2. The van der Waals surface area contributed by atoms with Crippen molar-refractivity contribution >= 4 is 17.7 Å². The Labute approximate surface area is 122 Å². The minimum Gasteiger partial charge on any atom is -0.480 e. The van der Waals surface area contributed by atoms with Crippen LogP contribution in [0.4, 0.5) is 5.82 Å². The predicted molar refractivity (Wildman–Crippen MR) is 76.5 cm³/mol. The third-order valence-electron chi connectivity index (χ3n) is 3.43. The van der Waals surface area contributed by atoms with Gasteiger partial charge in [-0.2, -0.15) is 0 Å². The molecule has 7 heteroatoms. The van der Waals surface area contributed by atoms with Crippen molar-refractivity contribution < 1.29 is 19.4 Å². The number of amides is 1. The lowest BCUT2D eigenvalue weighted by Gasteiger charge is -2.22. The Balaban J connectivity index is 2.01. The summed E-state index contributed by atoms with van der Waals surface area (Å²) in [7, 11) is 1.57. The number of carbonyl (C=O) groups excluding carboxylic acids is 1. The maximum Gasteiger partial charge on any atom is 0.326 e. The Hall–Kier alpha value is -2.15. The zero-order valence-corrected chi connectivity index (χ0v) is 11.9. The summed E-state index contributed by atoms with van der Waals surface area (Å²) in [6.45, 7) is 1.55. The number of methoxy groups -OCH3 is 1. The van der Waals surface area contributed by atoms with Gasteiger partial charge in [-0.1, -0.05) is 0 Å². The van der Waals surface area contributed by atoms with Crippen molar-refractivity contribution in [1.82, 2.24) is 10.3 Å². The zero-order valence-electron chi connectivity index (χ0n) is 11.9. The van der Waals surface area contributed by atoms with E-state index in [1.807, 2.05) is 0 Å². The highest BCUT2D eigenvalue weighted by molar-refractivity contribution is 5.94. The zero-order chi connectivity index (χ0) is 15.2. The van der Waals surface area contributed by atoms with Gasteiger partial charge in [0.15, 0.2) is 0 Å². The highest BCUT2D eigenvalue weighted by atomic mass is 16.5. The fourth-order valence-electron chi connectivity index (χ4n) is 2.36. The second kappa shape index (κ2) is 7.03. The molecule has 0 bridgehead atoms. The van der Waals surface area contributed by atoms with Crippen molar-refractivity contribution in [3.63, 3.8) is 0 Å². The predicted octanol–water partition coefficient (Wildman–Crippen LogP) is 0.511. The van der Waals surface area contributed by atoms with Gasteiger partial charge in [-0.15, -0.1) is 0 Å². The molecule has 1 aromatic rings. The monoisotopic (exact) mass is 293 g/mol. The Morgan fingerprint density at radius 1 is 1.52 bits per heavy atom. The van der Waals surface area contributed by atoms with Crippen LogP contribution in [0.15, 0.2) is 18.3 Å². The minimum atomic E-state index is -0.837. The van der Waals surface area contributed by atoms with Crippen molar-refractivity contribution in [2.24, 2.45) is 0 Å². The summed E-state index contributed by atoms with van der Waals surface area (Å²) < 4.78 is 4.86. The van der Waals surface area contributed by atoms with Crippen LogP contribution in [-0.4, -0.2) is 54.8 Å². The molecule has 1 aliphatic rings. The lowest BCUT2D eigenvalue weighted by Crippen LogP contribution is -2.36. The van der Waals surface area contributed by atoms with E-state index in [9.17, 15) is 9.59 Å². The maximum atomic E-state index is 11.8. The van der Waals surface area contributed by atoms with Gasteiger partial charge in [0.1, 0.15) is 11.9 Å². The standard InChI is InChI=1S/C14H19N3O4/c1-21-8-6-15-13(18)10-4-5-12(16-9-10)17-7-2-3-11(17)14(19)20/h4-5,9,11H,2-3,6-8H2,1H3,(H,15,18)(H,19,20)/t11-/m0/s1. The summed E-state index contributed by atoms with van der Waals surface area (Å²) in [5.41, 5.74) is 0.445. The van der Waals surface area contributed by atoms with Crippen LogP contribution in [0.1, 0.15) is 23.2 Å². The van der Waals surface area contributed by atoms with Gasteiger partial charge in [0.2, 0.25) is 0 Å². The molecule has 0 radical (unpaired) electrons. The van der Waals surface area contributed by atoms with Crippen molar-refractivity contribution in [2.45, 2.75) is 18.9 Å². The van der Waals surface area contributed by atoms with E-state index in [4.69, 9.17) is 9.84 Å². The van der Waals surface area contributed by atoms with Gasteiger partial charge in [0.25, 0.3) is 5.91 Å². The number of pyridine rings is 1. The van der Waals surface area contributed by atoms with Crippen LogP contribution in [0.25, 0.3) is 0 Å². The average Bonchev–Trinajstić information content (AvgIpc) is 2.97. The van der Waals surface area contributed by atoms with E-state index in [1.165, 1.54) is 6.20 Å². The van der Waals surface area contributed by atoms with Crippen molar-refractivity contribution in [3.8, 4) is 0 Å². The number of anilines is 1. The van der Waals surface area contributed by atoms with Gasteiger partial charge in [0, 0.05) is 26.4 Å². The number of hydrogen-bond donors (Lipinski definition) is 2. The first-order valence-corrected chi connectivity index (χ1v) is 6.86. The average molecular weight is 293 g/mol. The molecule has 114 valence electrons. The first kappa shape index (κ1) is 15.2. The second-order valence-corrected chi connectivity index (χ2v) is 4.84. The largest absolute Gasteiger partial charge is 0.480 e. The molecule has 0 unspecified atom stereocenters. The highest BCUT2D eigenvalue weighted by Crippen LogP contribution is 2.23. The molecule has 1 aromatic heterocycles. The summed E-state index contributed by atoms with van der Waals surface area (Å²) in [4.78, 5) is 28.9. The van der Waals surface area contributed by atoms with Crippen LogP contribution in [-0.2, 0) is 9.53 Å². The van der Waals surface area contributed by atoms with E-state index in [0.717, 1.165) is 6.42 Å². The molecule has 1 atom stereocenters. The Morgan fingerprint density at radius 3 is 2.95 bits per heavy atom. The molecule has 1 saturated heterocycles. The Kier molecular flexibility index (Phi) is 5.10. The number of carboxylic acid groups (broad SMARTS) is 1. The molecule has 0 saturated carbocycles. The number of ether oxygens (including phenoxy) is 1.